The van der Waals surface area contributed by atoms with Crippen LogP contribution in [0.5, 0.6) is 11.5 Å². The summed E-state index contributed by atoms with van der Waals surface area (Å²) in [6.45, 7) is 2.95. The van der Waals surface area contributed by atoms with E-state index in [0.717, 1.165) is 5.75 Å². The first-order chi connectivity index (χ1) is 10.8. The monoisotopic (exact) mass is 301 g/mol. The fraction of sp³-hybridized carbons (Fsp3) is 0.235. The number of benzene rings is 2. The Morgan fingerprint density at radius 3 is 2.36 bits per heavy atom. The summed E-state index contributed by atoms with van der Waals surface area (Å²) >= 11 is 0. The maximum atomic E-state index is 11.3. The molecule has 0 aliphatic carbocycles. The maximum absolute atomic E-state index is 11.3. The van der Waals surface area contributed by atoms with E-state index in [4.69, 9.17) is 14.2 Å². The molecule has 0 fully saturated rings. The fourth-order valence-electron chi connectivity index (χ4n) is 1.78. The van der Waals surface area contributed by atoms with Gasteiger partial charge < -0.3 is 14.2 Å². The lowest BCUT2D eigenvalue weighted by atomic mass is 10.3. The molecule has 0 unspecified atom stereocenters. The van der Waals surface area contributed by atoms with Crippen molar-refractivity contribution in [3.8, 4) is 11.5 Å². The zero-order valence-electron chi connectivity index (χ0n) is 12.5. The summed E-state index contributed by atoms with van der Waals surface area (Å²) in [7, 11) is 0. The van der Waals surface area contributed by atoms with Gasteiger partial charge >= 0.3 is 6.09 Å². The van der Waals surface area contributed by atoms with Crippen molar-refractivity contribution < 1.29 is 19.0 Å². The van der Waals surface area contributed by atoms with Crippen molar-refractivity contribution in [3.63, 3.8) is 0 Å². The lowest BCUT2D eigenvalue weighted by molar-refractivity contribution is 0.168. The molecule has 2 aromatic carbocycles. The van der Waals surface area contributed by atoms with E-state index in [1.165, 1.54) is 0 Å². The molecule has 0 heterocycles. The van der Waals surface area contributed by atoms with Crippen molar-refractivity contribution in [3.05, 3.63) is 54.6 Å². The third-order valence-corrected chi connectivity index (χ3v) is 2.72. The Bertz CT molecular complexity index is 586. The molecule has 5 heteroatoms. The molecule has 0 aliphatic rings. The number of amides is 1. The smallest absolute Gasteiger partial charge is 0.411 e. The van der Waals surface area contributed by atoms with Gasteiger partial charge in [0.25, 0.3) is 0 Å². The highest BCUT2D eigenvalue weighted by molar-refractivity contribution is 5.84. The van der Waals surface area contributed by atoms with Gasteiger partial charge in [-0.1, -0.05) is 24.3 Å². The highest BCUT2D eigenvalue weighted by atomic mass is 16.5. The fourth-order valence-corrected chi connectivity index (χ4v) is 1.78. The minimum atomic E-state index is -0.480. The number of rotatable bonds is 7. The molecule has 0 atom stereocenters. The summed E-state index contributed by atoms with van der Waals surface area (Å²) < 4.78 is 16.0. The number of anilines is 1. The first-order valence-corrected chi connectivity index (χ1v) is 7.12. The van der Waals surface area contributed by atoms with Crippen LogP contribution in [0, 0.1) is 0 Å². The highest BCUT2D eigenvalue weighted by Crippen LogP contribution is 2.17. The summed E-state index contributed by atoms with van der Waals surface area (Å²) in [5.41, 5.74) is 0.625. The molecule has 0 radical (unpaired) electrons. The Morgan fingerprint density at radius 2 is 1.64 bits per heavy atom. The van der Waals surface area contributed by atoms with E-state index in [1.54, 1.807) is 25.1 Å². The van der Waals surface area contributed by atoms with Crippen molar-refractivity contribution in [2.45, 2.75) is 6.92 Å². The molecule has 2 rings (SSSR count). The van der Waals surface area contributed by atoms with Crippen LogP contribution in [0.25, 0.3) is 0 Å². The van der Waals surface area contributed by atoms with E-state index in [9.17, 15) is 4.79 Å². The lowest BCUT2D eigenvalue weighted by Gasteiger charge is -2.10. The van der Waals surface area contributed by atoms with Gasteiger partial charge in [0.1, 0.15) is 24.7 Å². The van der Waals surface area contributed by atoms with Crippen LogP contribution in [0.15, 0.2) is 54.6 Å². The van der Waals surface area contributed by atoms with Gasteiger partial charge in [-0.3, -0.25) is 5.32 Å². The van der Waals surface area contributed by atoms with Crippen LogP contribution in [0.3, 0.4) is 0 Å². The molecule has 5 nitrogen and oxygen atoms in total. The van der Waals surface area contributed by atoms with Crippen LogP contribution in [0.1, 0.15) is 6.92 Å². The quantitative estimate of drug-likeness (QED) is 0.792. The molecule has 0 saturated carbocycles. The Balaban J connectivity index is 1.77. The van der Waals surface area contributed by atoms with Gasteiger partial charge in [-0.25, -0.2) is 4.79 Å². The van der Waals surface area contributed by atoms with Gasteiger partial charge in [0.05, 0.1) is 6.61 Å². The normalized spacial score (nSPS) is 9.86. The van der Waals surface area contributed by atoms with Gasteiger partial charge in [0, 0.05) is 11.8 Å². The van der Waals surface area contributed by atoms with Crippen LogP contribution in [-0.2, 0) is 4.74 Å². The zero-order chi connectivity index (χ0) is 15.6. The summed E-state index contributed by atoms with van der Waals surface area (Å²) in [4.78, 5) is 11.3. The summed E-state index contributed by atoms with van der Waals surface area (Å²) in [5.74, 6) is 1.47. The van der Waals surface area contributed by atoms with Crippen LogP contribution in [0.2, 0.25) is 0 Å². The number of para-hydroxylation sites is 1. The van der Waals surface area contributed by atoms with Crippen molar-refractivity contribution in [1.29, 1.82) is 0 Å². The molecule has 116 valence electrons. The van der Waals surface area contributed by atoms with Crippen LogP contribution in [-0.4, -0.2) is 25.9 Å². The number of carbonyl (C=O) groups excluding carboxylic acids is 1. The molecule has 0 aliphatic heterocycles. The van der Waals surface area contributed by atoms with Crippen LogP contribution in [0.4, 0.5) is 10.5 Å². The van der Waals surface area contributed by atoms with E-state index in [1.807, 2.05) is 36.4 Å². The number of hydrogen-bond acceptors (Lipinski definition) is 4. The van der Waals surface area contributed by atoms with Gasteiger partial charge in [0.2, 0.25) is 0 Å². The Labute approximate surface area is 129 Å². The van der Waals surface area contributed by atoms with Gasteiger partial charge in [-0.15, -0.1) is 0 Å². The second-order valence-corrected chi connectivity index (χ2v) is 4.38. The van der Waals surface area contributed by atoms with E-state index in [-0.39, 0.29) is 0 Å². The Hall–Kier alpha value is -2.69. The zero-order valence-corrected chi connectivity index (χ0v) is 12.5. The number of nitrogens with one attached hydrogen (secondary N) is 1. The number of carbonyl (C=O) groups is 1. The molecular formula is C17H19NO4. The standard InChI is InChI=1S/C17H19NO4/c1-2-20-17(19)18-14-7-6-10-16(13-14)22-12-11-21-15-8-4-3-5-9-15/h3-10,13H,2,11-12H2,1H3,(H,18,19). The summed E-state index contributed by atoms with van der Waals surface area (Å²) in [5, 5.41) is 2.63. The maximum Gasteiger partial charge on any atom is 0.411 e. The molecular weight excluding hydrogens is 282 g/mol. The van der Waals surface area contributed by atoms with Gasteiger partial charge in [-0.2, -0.15) is 0 Å². The third-order valence-electron chi connectivity index (χ3n) is 2.72. The first-order valence-electron chi connectivity index (χ1n) is 7.12. The molecule has 1 amide bonds. The predicted octanol–water partition coefficient (Wildman–Crippen LogP) is 3.71. The summed E-state index contributed by atoms with van der Waals surface area (Å²) in [6, 6.07) is 16.7. The van der Waals surface area contributed by atoms with Crippen molar-refractivity contribution in [2.75, 3.05) is 25.1 Å². The first kappa shape index (κ1) is 15.7. The molecule has 0 saturated heterocycles. The predicted molar refractivity (Wildman–Crippen MR) is 84.5 cm³/mol. The summed E-state index contributed by atoms with van der Waals surface area (Å²) in [6.07, 6.45) is -0.480. The SMILES string of the molecule is CCOC(=O)Nc1cccc(OCCOc2ccccc2)c1. The minimum Gasteiger partial charge on any atom is -0.490 e. The van der Waals surface area contributed by atoms with Crippen molar-refractivity contribution in [1.82, 2.24) is 0 Å². The third kappa shape index (κ3) is 5.36. The molecule has 2 aromatic rings. The lowest BCUT2D eigenvalue weighted by Crippen LogP contribution is -2.13. The van der Waals surface area contributed by atoms with E-state index in [2.05, 4.69) is 5.32 Å². The molecule has 0 spiro atoms. The van der Waals surface area contributed by atoms with Gasteiger partial charge in [-0.05, 0) is 31.2 Å². The van der Waals surface area contributed by atoms with Crippen LogP contribution >= 0.6 is 0 Å². The molecule has 0 aromatic heterocycles. The van der Waals surface area contributed by atoms with Crippen molar-refractivity contribution >= 4 is 11.8 Å². The molecule has 0 bridgehead atoms. The Morgan fingerprint density at radius 1 is 0.955 bits per heavy atom. The number of hydrogen-bond donors (Lipinski definition) is 1. The second-order valence-electron chi connectivity index (χ2n) is 4.38. The average molecular weight is 301 g/mol. The minimum absolute atomic E-state index is 0.332. The highest BCUT2D eigenvalue weighted by Gasteiger charge is 2.03. The topological polar surface area (TPSA) is 56.8 Å². The van der Waals surface area contributed by atoms with Crippen LogP contribution < -0.4 is 14.8 Å². The van der Waals surface area contributed by atoms with E-state index < -0.39 is 6.09 Å². The van der Waals surface area contributed by atoms with Gasteiger partial charge in [0.15, 0.2) is 0 Å². The number of ether oxygens (including phenoxy) is 3. The van der Waals surface area contributed by atoms with Crippen molar-refractivity contribution in [2.24, 2.45) is 0 Å². The average Bonchev–Trinajstić information content (AvgIpc) is 2.53. The van der Waals surface area contributed by atoms with E-state index in [0.29, 0.717) is 31.3 Å². The van der Waals surface area contributed by atoms with E-state index >= 15 is 0 Å². The second kappa shape index (κ2) is 8.56. The Kier molecular flexibility index (Phi) is 6.11. The molecule has 1 N–H and O–H groups in total. The molecule has 22 heavy (non-hydrogen) atoms. The largest absolute Gasteiger partial charge is 0.490 e.